The van der Waals surface area contributed by atoms with E-state index in [1.165, 1.54) is 37.7 Å². The highest BCUT2D eigenvalue weighted by molar-refractivity contribution is 8.04. The summed E-state index contributed by atoms with van der Waals surface area (Å²) in [6.07, 6.45) is 3.38. The number of carbonyl (C=O) groups excluding carboxylic acids is 2. The summed E-state index contributed by atoms with van der Waals surface area (Å²) in [6, 6.07) is 2.23. The fraction of sp³-hybridized carbons (Fsp3) is 0.667. The highest BCUT2D eigenvalue weighted by Crippen LogP contribution is 2.25. The van der Waals surface area contributed by atoms with Crippen LogP contribution in [-0.2, 0) is 19.1 Å². The summed E-state index contributed by atoms with van der Waals surface area (Å²) in [4.78, 5) is 25.1. The Kier molecular flexibility index (Phi) is 11.9. The number of hydrogen-bond donors (Lipinski definition) is 0. The van der Waals surface area contributed by atoms with Crippen LogP contribution in [0.4, 0.5) is 0 Å². The Morgan fingerprint density at radius 2 is 1.04 bits per heavy atom. The van der Waals surface area contributed by atoms with Gasteiger partial charge in [0.05, 0.1) is 24.0 Å². The Bertz CT molecular complexity index is 484. The molecule has 0 saturated carbocycles. The molecule has 0 atom stereocenters. The Labute approximate surface area is 169 Å². The van der Waals surface area contributed by atoms with Gasteiger partial charge < -0.3 is 9.47 Å². The van der Waals surface area contributed by atoms with E-state index in [9.17, 15) is 9.59 Å². The molecule has 4 nitrogen and oxygen atoms in total. The highest BCUT2D eigenvalue weighted by atomic mass is 32.2. The number of methoxy groups -OCH3 is 2. The second-order valence-corrected chi connectivity index (χ2v) is 21.9. The van der Waals surface area contributed by atoms with E-state index in [2.05, 4.69) is 39.3 Å². The van der Waals surface area contributed by atoms with E-state index in [0.717, 1.165) is 23.6 Å². The summed E-state index contributed by atoms with van der Waals surface area (Å²) in [7, 11) is 0.430. The van der Waals surface area contributed by atoms with Crippen molar-refractivity contribution in [3.63, 3.8) is 0 Å². The van der Waals surface area contributed by atoms with Crippen LogP contribution in [0.1, 0.15) is 0 Å². The molecule has 0 aliphatic rings. The fourth-order valence-corrected chi connectivity index (χ4v) is 8.52. The average Bonchev–Trinajstić information content (AvgIpc) is 2.52. The van der Waals surface area contributed by atoms with Gasteiger partial charge in [0.2, 0.25) is 0 Å². The number of carbonyl (C=O) groups is 2. The first-order valence-corrected chi connectivity index (χ1v) is 18.1. The predicted molar refractivity (Wildman–Crippen MR) is 121 cm³/mol. The number of thioether (sulfide) groups is 2. The van der Waals surface area contributed by atoms with E-state index in [0.29, 0.717) is 9.81 Å². The zero-order valence-corrected chi connectivity index (χ0v) is 21.1. The van der Waals surface area contributed by atoms with Gasteiger partial charge in [-0.1, -0.05) is 39.3 Å². The summed E-state index contributed by atoms with van der Waals surface area (Å²) < 4.78 is 9.75. The molecule has 0 aliphatic carbocycles. The first-order chi connectivity index (χ1) is 11.9. The molecule has 0 bridgehead atoms. The molecule has 0 rings (SSSR count). The van der Waals surface area contributed by atoms with Gasteiger partial charge in [0, 0.05) is 16.1 Å². The monoisotopic (exact) mass is 434 g/mol. The zero-order chi connectivity index (χ0) is 20.4. The third-order valence-corrected chi connectivity index (χ3v) is 9.65. The van der Waals surface area contributed by atoms with Crippen LogP contribution in [0.25, 0.3) is 0 Å². The standard InChI is InChI=1S/C18H34O4S2Si2/c1-21-17(19)15(23-11-13-25(3,4)5)9-10-16(18(20)22-2)24-12-14-26(6,7)8/h9-10H,11-14H2,1-8H3/b15-9-,16-10-. The molecule has 8 heteroatoms. The van der Waals surface area contributed by atoms with Crippen molar-refractivity contribution in [1.82, 2.24) is 0 Å². The normalized spacial score (nSPS) is 13.5. The molecule has 0 N–H and O–H groups in total. The Morgan fingerprint density at radius 3 is 1.27 bits per heavy atom. The van der Waals surface area contributed by atoms with Gasteiger partial charge in [-0.2, -0.15) is 0 Å². The molecule has 0 unspecified atom stereocenters. The smallest absolute Gasteiger partial charge is 0.344 e. The summed E-state index contributed by atoms with van der Waals surface area (Å²) in [5.74, 6) is 1.03. The Morgan fingerprint density at radius 1 is 0.731 bits per heavy atom. The van der Waals surface area contributed by atoms with Crippen LogP contribution in [0, 0.1) is 0 Å². The fourth-order valence-electron chi connectivity index (χ4n) is 1.64. The minimum absolute atomic E-state index is 0.363. The summed E-state index contributed by atoms with van der Waals surface area (Å²) >= 11 is 2.99. The molecule has 0 saturated heterocycles. The van der Waals surface area contributed by atoms with Gasteiger partial charge in [-0.3, -0.25) is 0 Å². The van der Waals surface area contributed by atoms with Crippen LogP contribution in [0.15, 0.2) is 22.0 Å². The molecular weight excluding hydrogens is 401 g/mol. The summed E-state index contributed by atoms with van der Waals surface area (Å²) in [5.41, 5.74) is 0. The van der Waals surface area contributed by atoms with E-state index in [1.807, 2.05) is 0 Å². The maximum Gasteiger partial charge on any atom is 0.344 e. The molecule has 0 heterocycles. The van der Waals surface area contributed by atoms with Gasteiger partial charge in [-0.15, -0.1) is 23.5 Å². The van der Waals surface area contributed by atoms with Crippen molar-refractivity contribution in [1.29, 1.82) is 0 Å². The quantitative estimate of drug-likeness (QED) is 0.192. The van der Waals surface area contributed by atoms with Crippen molar-refractivity contribution in [2.75, 3.05) is 25.7 Å². The third-order valence-electron chi connectivity index (χ3n) is 3.38. The lowest BCUT2D eigenvalue weighted by Gasteiger charge is -2.15. The zero-order valence-electron chi connectivity index (χ0n) is 17.4. The summed E-state index contributed by atoms with van der Waals surface area (Å²) in [6.45, 7) is 13.8. The second kappa shape index (κ2) is 12.1. The molecule has 0 amide bonds. The topological polar surface area (TPSA) is 52.6 Å². The van der Waals surface area contributed by atoms with Crippen LogP contribution in [-0.4, -0.2) is 53.8 Å². The number of esters is 2. The van der Waals surface area contributed by atoms with E-state index in [-0.39, 0.29) is 11.9 Å². The lowest BCUT2D eigenvalue weighted by molar-refractivity contribution is -0.136. The van der Waals surface area contributed by atoms with Crippen molar-refractivity contribution < 1.29 is 19.1 Å². The van der Waals surface area contributed by atoms with E-state index in [4.69, 9.17) is 9.47 Å². The van der Waals surface area contributed by atoms with Gasteiger partial charge in [-0.05, 0) is 35.7 Å². The maximum atomic E-state index is 12.0. The Hall–Kier alpha value is -0.446. The highest BCUT2D eigenvalue weighted by Gasteiger charge is 2.17. The SMILES string of the molecule is COC(=O)/C(=C/C=C(\SCC[Si](C)(C)C)C(=O)OC)SCC[Si](C)(C)C. The lowest BCUT2D eigenvalue weighted by atomic mass is 10.4. The number of allylic oxidation sites excluding steroid dienone is 2. The van der Waals surface area contributed by atoms with Gasteiger partial charge >= 0.3 is 11.9 Å². The van der Waals surface area contributed by atoms with Crippen LogP contribution >= 0.6 is 23.5 Å². The number of hydrogen-bond acceptors (Lipinski definition) is 6. The van der Waals surface area contributed by atoms with Gasteiger partial charge in [0.15, 0.2) is 0 Å². The van der Waals surface area contributed by atoms with Crippen molar-refractivity contribution in [3.8, 4) is 0 Å². The van der Waals surface area contributed by atoms with Crippen LogP contribution in [0.2, 0.25) is 51.4 Å². The molecule has 150 valence electrons. The predicted octanol–water partition coefficient (Wildman–Crippen LogP) is 5.24. The molecular formula is C18H34O4S2Si2. The van der Waals surface area contributed by atoms with E-state index >= 15 is 0 Å². The van der Waals surface area contributed by atoms with Crippen LogP contribution < -0.4 is 0 Å². The third kappa shape index (κ3) is 12.8. The minimum atomic E-state index is -1.16. The average molecular weight is 435 g/mol. The number of ether oxygens (including phenoxy) is 2. The van der Waals surface area contributed by atoms with E-state index < -0.39 is 16.1 Å². The van der Waals surface area contributed by atoms with Crippen molar-refractivity contribution in [2.45, 2.75) is 51.4 Å². The molecule has 0 spiro atoms. The molecule has 0 aliphatic heterocycles. The molecule has 0 aromatic heterocycles. The molecule has 26 heavy (non-hydrogen) atoms. The van der Waals surface area contributed by atoms with Gasteiger partial charge in [-0.25, -0.2) is 9.59 Å². The van der Waals surface area contributed by atoms with Crippen LogP contribution in [0.5, 0.6) is 0 Å². The molecule has 0 radical (unpaired) electrons. The Balaban J connectivity index is 5.19. The largest absolute Gasteiger partial charge is 0.465 e. The molecule has 0 aromatic carbocycles. The first kappa shape index (κ1) is 25.6. The number of rotatable bonds is 11. The van der Waals surface area contributed by atoms with Gasteiger partial charge in [0.1, 0.15) is 0 Å². The van der Waals surface area contributed by atoms with Crippen LogP contribution in [0.3, 0.4) is 0 Å². The van der Waals surface area contributed by atoms with Crippen molar-refractivity contribution in [2.24, 2.45) is 0 Å². The van der Waals surface area contributed by atoms with E-state index in [1.54, 1.807) is 12.2 Å². The van der Waals surface area contributed by atoms with Crippen molar-refractivity contribution in [3.05, 3.63) is 22.0 Å². The van der Waals surface area contributed by atoms with Crippen molar-refractivity contribution >= 4 is 51.6 Å². The minimum Gasteiger partial charge on any atom is -0.465 e. The molecule has 0 aromatic rings. The second-order valence-electron chi connectivity index (χ2n) is 8.36. The lowest BCUT2D eigenvalue weighted by Crippen LogP contribution is -2.20. The maximum absolute atomic E-state index is 12.0. The molecule has 0 fully saturated rings. The first-order valence-electron chi connectivity index (χ1n) is 8.74. The summed E-state index contributed by atoms with van der Waals surface area (Å²) in [5, 5.41) is 0. The van der Waals surface area contributed by atoms with Gasteiger partial charge in [0.25, 0.3) is 0 Å².